The summed E-state index contributed by atoms with van der Waals surface area (Å²) in [4.78, 5) is 32.8. The Morgan fingerprint density at radius 1 is 1.26 bits per heavy atom. The van der Waals surface area contributed by atoms with Crippen LogP contribution in [0.2, 0.25) is 0 Å². The summed E-state index contributed by atoms with van der Waals surface area (Å²) in [5.74, 6) is 0.292. The van der Waals surface area contributed by atoms with Crippen LogP contribution in [0.25, 0.3) is 0 Å². The molecule has 10 heteroatoms. The number of rotatable bonds is 4. The van der Waals surface area contributed by atoms with Crippen LogP contribution in [-0.2, 0) is 17.8 Å². The Bertz CT molecular complexity index is 1110. The van der Waals surface area contributed by atoms with Gasteiger partial charge in [-0.05, 0) is 18.9 Å². The van der Waals surface area contributed by atoms with Crippen LogP contribution in [0.3, 0.4) is 0 Å². The quantitative estimate of drug-likeness (QED) is 0.572. The SMILES string of the molecule is Cc1cc(C(=O)Nc2nc3c(s2)CN(C(=O)C2CC(c4ccccc4)NN2)CC3)no1. The van der Waals surface area contributed by atoms with Gasteiger partial charge < -0.3 is 9.42 Å². The molecule has 31 heavy (non-hydrogen) atoms. The Morgan fingerprint density at radius 3 is 2.87 bits per heavy atom. The summed E-state index contributed by atoms with van der Waals surface area (Å²) in [6, 6.07) is 11.5. The second-order valence-electron chi connectivity index (χ2n) is 7.72. The molecular weight excluding hydrogens is 416 g/mol. The number of aromatic nitrogens is 2. The van der Waals surface area contributed by atoms with Crippen LogP contribution in [0, 0.1) is 6.92 Å². The molecule has 9 nitrogen and oxygen atoms in total. The number of anilines is 1. The molecule has 2 atom stereocenters. The van der Waals surface area contributed by atoms with E-state index in [1.54, 1.807) is 13.0 Å². The molecule has 5 rings (SSSR count). The Kier molecular flexibility index (Phi) is 5.26. The molecule has 1 aromatic carbocycles. The topological polar surface area (TPSA) is 112 Å². The van der Waals surface area contributed by atoms with Crippen molar-refractivity contribution in [1.82, 2.24) is 25.9 Å². The number of hydrazine groups is 1. The molecule has 2 amide bonds. The first-order valence-corrected chi connectivity index (χ1v) is 11.0. The first-order valence-electron chi connectivity index (χ1n) is 10.1. The number of aryl methyl sites for hydroxylation is 1. The molecular formula is C21H22N6O3S. The zero-order chi connectivity index (χ0) is 21.4. The van der Waals surface area contributed by atoms with Gasteiger partial charge in [-0.1, -0.05) is 46.8 Å². The highest BCUT2D eigenvalue weighted by Gasteiger charge is 2.34. The van der Waals surface area contributed by atoms with Crippen LogP contribution in [0.5, 0.6) is 0 Å². The van der Waals surface area contributed by atoms with Gasteiger partial charge in [0.15, 0.2) is 10.8 Å². The molecule has 160 valence electrons. The lowest BCUT2D eigenvalue weighted by atomic mass is 10.0. The van der Waals surface area contributed by atoms with E-state index >= 15 is 0 Å². The normalized spacial score (nSPS) is 20.5. The van der Waals surface area contributed by atoms with Crippen molar-refractivity contribution in [3.05, 3.63) is 64.0 Å². The van der Waals surface area contributed by atoms with Gasteiger partial charge in [-0.3, -0.25) is 14.9 Å². The van der Waals surface area contributed by atoms with Gasteiger partial charge in [-0.15, -0.1) is 0 Å². The number of thiazole rings is 1. The van der Waals surface area contributed by atoms with Crippen molar-refractivity contribution >= 4 is 28.3 Å². The van der Waals surface area contributed by atoms with Crippen molar-refractivity contribution in [1.29, 1.82) is 0 Å². The van der Waals surface area contributed by atoms with Gasteiger partial charge >= 0.3 is 0 Å². The Morgan fingerprint density at radius 2 is 2.10 bits per heavy atom. The number of benzene rings is 1. The van der Waals surface area contributed by atoms with Crippen LogP contribution in [0.15, 0.2) is 40.9 Å². The van der Waals surface area contributed by atoms with Gasteiger partial charge in [-0.2, -0.15) is 0 Å². The number of hydrogen-bond donors (Lipinski definition) is 3. The molecule has 2 aromatic heterocycles. The summed E-state index contributed by atoms with van der Waals surface area (Å²) in [5.41, 5.74) is 8.70. The van der Waals surface area contributed by atoms with Gasteiger partial charge in [-0.25, -0.2) is 15.8 Å². The monoisotopic (exact) mass is 438 g/mol. The van der Waals surface area contributed by atoms with E-state index in [2.05, 4.69) is 38.4 Å². The van der Waals surface area contributed by atoms with Crippen molar-refractivity contribution in [3.63, 3.8) is 0 Å². The summed E-state index contributed by atoms with van der Waals surface area (Å²) in [6.07, 6.45) is 1.37. The number of nitrogens with one attached hydrogen (secondary N) is 3. The Balaban J connectivity index is 1.22. The van der Waals surface area contributed by atoms with Gasteiger partial charge in [0.25, 0.3) is 5.91 Å². The van der Waals surface area contributed by atoms with Crippen LogP contribution < -0.4 is 16.2 Å². The maximum atomic E-state index is 13.1. The second kappa shape index (κ2) is 8.22. The highest BCUT2D eigenvalue weighted by atomic mass is 32.1. The van der Waals surface area contributed by atoms with Crippen LogP contribution in [0.4, 0.5) is 5.13 Å². The first-order chi connectivity index (χ1) is 15.1. The minimum atomic E-state index is -0.357. The molecule has 0 radical (unpaired) electrons. The number of carbonyl (C=O) groups is 2. The Labute approximate surface area is 182 Å². The van der Waals surface area contributed by atoms with Crippen molar-refractivity contribution in [2.45, 2.75) is 38.4 Å². The third kappa shape index (κ3) is 4.09. The van der Waals surface area contributed by atoms with Gasteiger partial charge in [0, 0.05) is 30.0 Å². The third-order valence-electron chi connectivity index (χ3n) is 5.53. The van der Waals surface area contributed by atoms with E-state index in [1.165, 1.54) is 11.3 Å². The average molecular weight is 439 g/mol. The molecule has 1 saturated heterocycles. The van der Waals surface area contributed by atoms with Crippen LogP contribution in [-0.4, -0.2) is 39.4 Å². The molecule has 0 bridgehead atoms. The molecule has 2 aliphatic rings. The zero-order valence-electron chi connectivity index (χ0n) is 16.9. The highest BCUT2D eigenvalue weighted by molar-refractivity contribution is 7.15. The van der Waals surface area contributed by atoms with Gasteiger partial charge in [0.1, 0.15) is 11.8 Å². The number of hydrogen-bond acceptors (Lipinski definition) is 8. The summed E-state index contributed by atoms with van der Waals surface area (Å²) < 4.78 is 4.95. The maximum Gasteiger partial charge on any atom is 0.279 e. The van der Waals surface area contributed by atoms with E-state index in [-0.39, 0.29) is 29.6 Å². The third-order valence-corrected chi connectivity index (χ3v) is 6.53. The Hall–Kier alpha value is -3.08. The average Bonchev–Trinajstić information content (AvgIpc) is 3.52. The van der Waals surface area contributed by atoms with E-state index in [0.29, 0.717) is 36.8 Å². The van der Waals surface area contributed by atoms with E-state index < -0.39 is 0 Å². The minimum absolute atomic E-state index is 0.0774. The predicted molar refractivity (Wildman–Crippen MR) is 114 cm³/mol. The predicted octanol–water partition coefficient (Wildman–Crippen LogP) is 2.18. The highest BCUT2D eigenvalue weighted by Crippen LogP contribution is 2.30. The molecule has 2 aliphatic heterocycles. The minimum Gasteiger partial charge on any atom is -0.361 e. The summed E-state index contributed by atoms with van der Waals surface area (Å²) in [6.45, 7) is 2.84. The molecule has 2 unspecified atom stereocenters. The fraction of sp³-hybridized carbons (Fsp3) is 0.333. The smallest absolute Gasteiger partial charge is 0.279 e. The lowest BCUT2D eigenvalue weighted by Crippen LogP contribution is -2.47. The molecule has 3 aromatic rings. The lowest BCUT2D eigenvalue weighted by molar-refractivity contribution is -0.134. The molecule has 3 N–H and O–H groups in total. The summed E-state index contributed by atoms with van der Waals surface area (Å²) >= 11 is 1.39. The zero-order valence-corrected chi connectivity index (χ0v) is 17.7. The molecule has 4 heterocycles. The van der Waals surface area contributed by atoms with Crippen molar-refractivity contribution in [2.75, 3.05) is 11.9 Å². The van der Waals surface area contributed by atoms with Crippen molar-refractivity contribution in [3.8, 4) is 0 Å². The number of carbonyl (C=O) groups excluding carboxylic acids is 2. The van der Waals surface area contributed by atoms with Crippen molar-refractivity contribution < 1.29 is 14.1 Å². The van der Waals surface area contributed by atoms with E-state index in [1.807, 2.05) is 23.1 Å². The second-order valence-corrected chi connectivity index (χ2v) is 8.80. The molecule has 0 aliphatic carbocycles. The summed E-state index contributed by atoms with van der Waals surface area (Å²) in [7, 11) is 0. The van der Waals surface area contributed by atoms with E-state index in [9.17, 15) is 9.59 Å². The summed E-state index contributed by atoms with van der Waals surface area (Å²) in [5, 5.41) is 7.01. The lowest BCUT2D eigenvalue weighted by Gasteiger charge is -2.28. The molecule has 1 fully saturated rings. The van der Waals surface area contributed by atoms with Crippen LogP contribution >= 0.6 is 11.3 Å². The van der Waals surface area contributed by atoms with Gasteiger partial charge in [0.05, 0.1) is 12.2 Å². The number of nitrogens with zero attached hydrogens (tertiary/aromatic N) is 3. The standard InChI is InChI=1S/C21H22N6O3S/c1-12-9-16(26-30-12)19(28)23-21-22-14-7-8-27(11-18(14)31-21)20(29)17-10-15(24-25-17)13-5-3-2-4-6-13/h2-6,9,15,17,24-25H,7-8,10-11H2,1H3,(H,22,23,28). The van der Waals surface area contributed by atoms with Crippen LogP contribution in [0.1, 0.15) is 44.8 Å². The largest absolute Gasteiger partial charge is 0.361 e. The van der Waals surface area contributed by atoms with E-state index in [4.69, 9.17) is 4.52 Å². The van der Waals surface area contributed by atoms with Gasteiger partial charge in [0.2, 0.25) is 5.91 Å². The molecule has 0 saturated carbocycles. The molecule has 0 spiro atoms. The fourth-order valence-electron chi connectivity index (χ4n) is 3.91. The van der Waals surface area contributed by atoms with E-state index in [0.717, 1.165) is 16.1 Å². The fourth-order valence-corrected chi connectivity index (χ4v) is 4.93. The number of amides is 2. The maximum absolute atomic E-state index is 13.1. The van der Waals surface area contributed by atoms with Crippen molar-refractivity contribution in [2.24, 2.45) is 0 Å². The number of fused-ring (bicyclic) bond motifs is 1. The first kappa shape index (κ1) is 19.9.